The maximum absolute atomic E-state index is 9.80. The Bertz CT molecular complexity index is 80.9. The van der Waals surface area contributed by atoms with E-state index in [1.54, 1.807) is 0 Å². The van der Waals surface area contributed by atoms with Gasteiger partial charge in [-0.05, 0) is 0 Å². The third kappa shape index (κ3) is 6.75. The second-order valence-electron chi connectivity index (χ2n) is 0.947. The van der Waals surface area contributed by atoms with Gasteiger partial charge in [0.1, 0.15) is 13.2 Å². The van der Waals surface area contributed by atoms with Gasteiger partial charge in [-0.25, -0.2) is 4.79 Å². The van der Waals surface area contributed by atoms with Gasteiger partial charge in [-0.1, -0.05) is 0 Å². The van der Waals surface area contributed by atoms with Gasteiger partial charge in [0, 0.05) is 0 Å². The number of carbonyl (C=O) groups excluding carboxylic acids is 1. The van der Waals surface area contributed by atoms with Crippen molar-refractivity contribution in [2.75, 3.05) is 13.2 Å². The van der Waals surface area contributed by atoms with Crippen molar-refractivity contribution in [2.45, 2.75) is 0 Å². The highest BCUT2D eigenvalue weighted by molar-refractivity contribution is 5.61. The molecule has 0 bridgehead atoms. The van der Waals surface area contributed by atoms with Gasteiger partial charge < -0.3 is 9.47 Å². The fraction of sp³-hybridized carbons (Fsp3) is 0.286. The van der Waals surface area contributed by atoms with E-state index in [2.05, 4.69) is 35.8 Å². The van der Waals surface area contributed by atoms with Crippen LogP contribution in [0.2, 0.25) is 0 Å². The first-order valence-corrected chi connectivity index (χ1v) is 2.69. The molecule has 58 valence electrons. The Hall–Kier alpha value is -1.25. The molecular weight excluding hydrogens is 132 g/mol. The number of ether oxygens (including phenoxy) is 2. The van der Waals surface area contributed by atoms with Crippen LogP contribution in [0.4, 0.5) is 4.79 Å². The van der Waals surface area contributed by atoms with Gasteiger partial charge in [-0.2, -0.15) is 0 Å². The van der Waals surface area contributed by atoms with E-state index in [1.807, 2.05) is 0 Å². The standard InChI is InChI=1S/C3H4O3.2C2H4/c4-3-5-1-2-6-3;2*1-2/h1-2H2;2*1-2H2. The molecule has 0 spiro atoms. The normalized spacial score (nSPS) is 12.6. The summed E-state index contributed by atoms with van der Waals surface area (Å²) < 4.78 is 8.58. The highest BCUT2D eigenvalue weighted by atomic mass is 16.8. The fourth-order valence-electron chi connectivity index (χ4n) is 0.292. The van der Waals surface area contributed by atoms with Crippen LogP contribution in [0.1, 0.15) is 0 Å². The number of hydrogen-bond acceptors (Lipinski definition) is 3. The highest BCUT2D eigenvalue weighted by Gasteiger charge is 2.09. The van der Waals surface area contributed by atoms with Crippen LogP contribution in [0, 0.1) is 0 Å². The van der Waals surface area contributed by atoms with Crippen molar-refractivity contribution in [2.24, 2.45) is 0 Å². The van der Waals surface area contributed by atoms with E-state index in [0.29, 0.717) is 13.2 Å². The SMILES string of the molecule is C=C.C=C.O=C1OCCO1. The summed E-state index contributed by atoms with van der Waals surface area (Å²) in [6.07, 6.45) is -0.546. The average Bonchev–Trinajstić information content (AvgIpc) is 2.48. The predicted molar refractivity (Wildman–Crippen MR) is 39.8 cm³/mol. The van der Waals surface area contributed by atoms with Gasteiger partial charge in [-0.3, -0.25) is 0 Å². The lowest BCUT2D eigenvalue weighted by atomic mass is 10.8. The Morgan fingerprint density at radius 3 is 1.40 bits per heavy atom. The maximum Gasteiger partial charge on any atom is 0.508 e. The van der Waals surface area contributed by atoms with Gasteiger partial charge in [0.25, 0.3) is 0 Å². The van der Waals surface area contributed by atoms with Crippen LogP contribution in [-0.4, -0.2) is 19.4 Å². The molecule has 1 aliphatic rings. The molecule has 3 nitrogen and oxygen atoms in total. The molecule has 0 aromatic heterocycles. The van der Waals surface area contributed by atoms with Crippen molar-refractivity contribution in [1.82, 2.24) is 0 Å². The summed E-state index contributed by atoms with van der Waals surface area (Å²) in [6, 6.07) is 0. The number of hydrogen-bond donors (Lipinski definition) is 0. The molecule has 0 aromatic rings. The second-order valence-corrected chi connectivity index (χ2v) is 0.947. The van der Waals surface area contributed by atoms with Crippen LogP contribution < -0.4 is 0 Å². The molecule has 0 aromatic carbocycles. The van der Waals surface area contributed by atoms with Crippen molar-refractivity contribution in [3.63, 3.8) is 0 Å². The van der Waals surface area contributed by atoms with E-state index in [0.717, 1.165) is 0 Å². The van der Waals surface area contributed by atoms with Crippen LogP contribution in [0.15, 0.2) is 26.3 Å². The fourth-order valence-corrected chi connectivity index (χ4v) is 0.292. The zero-order chi connectivity index (χ0) is 8.41. The van der Waals surface area contributed by atoms with Crippen molar-refractivity contribution < 1.29 is 14.3 Å². The smallest absolute Gasteiger partial charge is 0.431 e. The Kier molecular flexibility index (Phi) is 12.3. The van der Waals surface area contributed by atoms with Crippen LogP contribution in [0.3, 0.4) is 0 Å². The molecule has 1 heterocycles. The minimum Gasteiger partial charge on any atom is -0.431 e. The summed E-state index contributed by atoms with van der Waals surface area (Å²) in [4.78, 5) is 9.80. The lowest BCUT2D eigenvalue weighted by Gasteiger charge is -1.78. The topological polar surface area (TPSA) is 35.5 Å². The minimum atomic E-state index is -0.546. The zero-order valence-corrected chi connectivity index (χ0v) is 5.97. The van der Waals surface area contributed by atoms with Gasteiger partial charge >= 0.3 is 6.16 Å². The summed E-state index contributed by atoms with van der Waals surface area (Å²) in [5, 5.41) is 0. The molecule has 1 rings (SSSR count). The third-order valence-electron chi connectivity index (χ3n) is 0.523. The first kappa shape index (κ1) is 11.5. The summed E-state index contributed by atoms with van der Waals surface area (Å²) in [5.41, 5.74) is 0. The molecule has 0 atom stereocenters. The Balaban J connectivity index is 0. The number of carbonyl (C=O) groups is 1. The van der Waals surface area contributed by atoms with E-state index < -0.39 is 6.16 Å². The largest absolute Gasteiger partial charge is 0.508 e. The second kappa shape index (κ2) is 10.7. The average molecular weight is 144 g/mol. The third-order valence-corrected chi connectivity index (χ3v) is 0.523. The van der Waals surface area contributed by atoms with E-state index >= 15 is 0 Å². The lowest BCUT2D eigenvalue weighted by molar-refractivity contribution is 0.131. The van der Waals surface area contributed by atoms with Crippen molar-refractivity contribution in [3.8, 4) is 0 Å². The monoisotopic (exact) mass is 144 g/mol. The summed E-state index contributed by atoms with van der Waals surface area (Å²) in [7, 11) is 0. The number of rotatable bonds is 0. The van der Waals surface area contributed by atoms with Gasteiger partial charge in [0.05, 0.1) is 0 Å². The molecule has 0 aliphatic carbocycles. The first-order chi connectivity index (χ1) is 4.89. The van der Waals surface area contributed by atoms with Crippen LogP contribution in [0.5, 0.6) is 0 Å². The lowest BCUT2D eigenvalue weighted by Crippen LogP contribution is -1.88. The van der Waals surface area contributed by atoms with Crippen LogP contribution in [0.25, 0.3) is 0 Å². The Labute approximate surface area is 60.9 Å². The van der Waals surface area contributed by atoms with Gasteiger partial charge in [0.15, 0.2) is 0 Å². The van der Waals surface area contributed by atoms with Crippen molar-refractivity contribution in [1.29, 1.82) is 0 Å². The molecule has 1 aliphatic heterocycles. The maximum atomic E-state index is 9.80. The molecule has 1 fully saturated rings. The van der Waals surface area contributed by atoms with Crippen molar-refractivity contribution in [3.05, 3.63) is 26.3 Å². The van der Waals surface area contributed by atoms with E-state index in [4.69, 9.17) is 0 Å². The Morgan fingerprint density at radius 1 is 1.00 bits per heavy atom. The van der Waals surface area contributed by atoms with Crippen molar-refractivity contribution >= 4 is 6.16 Å². The molecular formula is C7H12O3. The van der Waals surface area contributed by atoms with Gasteiger partial charge in [-0.15, -0.1) is 26.3 Å². The van der Waals surface area contributed by atoms with E-state index in [1.165, 1.54) is 0 Å². The predicted octanol–water partition coefficient (Wildman–Crippen LogP) is 1.76. The summed E-state index contributed by atoms with van der Waals surface area (Å²) in [6.45, 7) is 12.8. The zero-order valence-electron chi connectivity index (χ0n) is 5.97. The summed E-state index contributed by atoms with van der Waals surface area (Å²) in [5.74, 6) is 0. The molecule has 0 amide bonds. The molecule has 0 radical (unpaired) electrons. The summed E-state index contributed by atoms with van der Waals surface area (Å²) >= 11 is 0. The molecule has 10 heavy (non-hydrogen) atoms. The molecule has 1 saturated heterocycles. The number of cyclic esters (lactones) is 2. The molecule has 0 saturated carbocycles. The van der Waals surface area contributed by atoms with E-state index in [9.17, 15) is 4.79 Å². The molecule has 3 heteroatoms. The quantitative estimate of drug-likeness (QED) is 0.384. The molecule has 0 N–H and O–H groups in total. The van der Waals surface area contributed by atoms with Gasteiger partial charge in [0.2, 0.25) is 0 Å². The molecule has 0 unspecified atom stereocenters. The van der Waals surface area contributed by atoms with Crippen LogP contribution >= 0.6 is 0 Å². The van der Waals surface area contributed by atoms with E-state index in [-0.39, 0.29) is 0 Å². The minimum absolute atomic E-state index is 0.416. The van der Waals surface area contributed by atoms with Crippen LogP contribution in [-0.2, 0) is 9.47 Å². The Morgan fingerprint density at radius 2 is 1.30 bits per heavy atom. The highest BCUT2D eigenvalue weighted by Crippen LogP contribution is 1.92. The first-order valence-electron chi connectivity index (χ1n) is 2.69.